The van der Waals surface area contributed by atoms with Crippen molar-refractivity contribution in [3.8, 4) is 11.5 Å². The van der Waals surface area contributed by atoms with E-state index in [0.29, 0.717) is 28.3 Å². The van der Waals surface area contributed by atoms with Gasteiger partial charge in [0.15, 0.2) is 18.1 Å². The van der Waals surface area contributed by atoms with Crippen LogP contribution in [0.5, 0.6) is 11.5 Å². The summed E-state index contributed by atoms with van der Waals surface area (Å²) in [6, 6.07) is 14.6. The van der Waals surface area contributed by atoms with E-state index in [1.807, 2.05) is 48.6 Å². The largest absolute Gasteiger partial charge is 0.490 e. The first-order valence-corrected chi connectivity index (χ1v) is 11.0. The summed E-state index contributed by atoms with van der Waals surface area (Å²) >= 11 is 3.83. The van der Waals surface area contributed by atoms with Gasteiger partial charge in [0.2, 0.25) is 0 Å². The summed E-state index contributed by atoms with van der Waals surface area (Å²) in [5.74, 6) is 2.52. The number of benzene rings is 2. The van der Waals surface area contributed by atoms with Crippen LogP contribution in [0.3, 0.4) is 0 Å². The number of rotatable bonds is 7. The molecule has 2 amide bonds. The van der Waals surface area contributed by atoms with E-state index in [0.717, 1.165) is 11.5 Å². The van der Waals surface area contributed by atoms with Gasteiger partial charge in [0.25, 0.3) is 11.8 Å². The van der Waals surface area contributed by atoms with Crippen molar-refractivity contribution in [2.75, 3.05) is 24.7 Å². The fourth-order valence-corrected chi connectivity index (χ4v) is 5.42. The monoisotopic (exact) mass is 418 g/mol. The van der Waals surface area contributed by atoms with Crippen molar-refractivity contribution >= 4 is 35.3 Å². The fraction of sp³-hybridized carbons (Fsp3) is 0.300. The van der Waals surface area contributed by atoms with E-state index in [-0.39, 0.29) is 12.5 Å². The van der Waals surface area contributed by atoms with Crippen LogP contribution in [0.2, 0.25) is 0 Å². The molecule has 1 fully saturated rings. The third-order valence-electron chi connectivity index (χ3n) is 3.89. The lowest BCUT2D eigenvalue weighted by Crippen LogP contribution is -2.43. The molecule has 1 heterocycles. The summed E-state index contributed by atoms with van der Waals surface area (Å²) in [5.41, 5.74) is 6.45. The highest BCUT2D eigenvalue weighted by molar-refractivity contribution is 8.19. The molecular formula is C20H22N2O4S2. The van der Waals surface area contributed by atoms with Crippen LogP contribution in [-0.2, 0) is 4.79 Å². The molecule has 148 valence electrons. The van der Waals surface area contributed by atoms with Crippen LogP contribution in [0.1, 0.15) is 27.4 Å². The SMILES string of the molecule is CCOc1ccccc1OCC(=O)NNC(=O)c1ccc(C2SCCS2)cc1. The molecule has 0 radical (unpaired) electrons. The minimum absolute atomic E-state index is 0.237. The zero-order valence-corrected chi connectivity index (χ0v) is 17.1. The van der Waals surface area contributed by atoms with Crippen molar-refractivity contribution in [2.45, 2.75) is 11.5 Å². The first-order chi connectivity index (χ1) is 13.7. The van der Waals surface area contributed by atoms with Crippen LogP contribution < -0.4 is 20.3 Å². The van der Waals surface area contributed by atoms with Gasteiger partial charge in [0, 0.05) is 17.1 Å². The Labute approximate surface area is 172 Å². The van der Waals surface area contributed by atoms with E-state index in [9.17, 15) is 9.59 Å². The van der Waals surface area contributed by atoms with Crippen LogP contribution in [-0.4, -0.2) is 36.5 Å². The second kappa shape index (κ2) is 10.3. The van der Waals surface area contributed by atoms with E-state index in [1.165, 1.54) is 5.56 Å². The van der Waals surface area contributed by atoms with Crippen molar-refractivity contribution in [1.82, 2.24) is 10.9 Å². The normalized spacial score (nSPS) is 13.8. The zero-order valence-electron chi connectivity index (χ0n) is 15.5. The van der Waals surface area contributed by atoms with E-state index in [4.69, 9.17) is 9.47 Å². The maximum absolute atomic E-state index is 12.2. The predicted molar refractivity (Wildman–Crippen MR) is 113 cm³/mol. The summed E-state index contributed by atoms with van der Waals surface area (Å²) in [5, 5.41) is 0. The second-order valence-electron chi connectivity index (χ2n) is 5.87. The highest BCUT2D eigenvalue weighted by Crippen LogP contribution is 2.45. The van der Waals surface area contributed by atoms with Gasteiger partial charge in [-0.15, -0.1) is 23.5 Å². The number of carbonyl (C=O) groups excluding carboxylic acids is 2. The van der Waals surface area contributed by atoms with Gasteiger partial charge in [-0.25, -0.2) is 0 Å². The molecule has 6 nitrogen and oxygen atoms in total. The average Bonchev–Trinajstić information content (AvgIpc) is 3.26. The van der Waals surface area contributed by atoms with Gasteiger partial charge in [-0.3, -0.25) is 20.4 Å². The predicted octanol–water partition coefficient (Wildman–Crippen LogP) is 3.40. The maximum atomic E-state index is 12.2. The van der Waals surface area contributed by atoms with Gasteiger partial charge in [0.05, 0.1) is 11.2 Å². The number of hydrogen-bond acceptors (Lipinski definition) is 6. The number of ether oxygens (including phenoxy) is 2. The van der Waals surface area contributed by atoms with Gasteiger partial charge in [-0.1, -0.05) is 24.3 Å². The third kappa shape index (κ3) is 5.59. The van der Waals surface area contributed by atoms with Crippen LogP contribution in [0.4, 0.5) is 0 Å². The summed E-state index contributed by atoms with van der Waals surface area (Å²) in [6.07, 6.45) is 0. The van der Waals surface area contributed by atoms with Gasteiger partial charge < -0.3 is 9.47 Å². The highest BCUT2D eigenvalue weighted by Gasteiger charge is 2.18. The molecule has 2 aromatic carbocycles. The molecule has 0 spiro atoms. The Morgan fingerprint density at radius 3 is 2.25 bits per heavy atom. The van der Waals surface area contributed by atoms with Crippen molar-refractivity contribution in [3.63, 3.8) is 0 Å². The molecule has 0 aliphatic carbocycles. The quantitative estimate of drug-likeness (QED) is 0.671. The molecule has 0 bridgehead atoms. The van der Waals surface area contributed by atoms with Gasteiger partial charge in [-0.2, -0.15) is 0 Å². The average molecular weight is 419 g/mol. The lowest BCUT2D eigenvalue weighted by molar-refractivity contribution is -0.123. The van der Waals surface area contributed by atoms with Crippen LogP contribution in [0.15, 0.2) is 48.5 Å². The molecule has 0 unspecified atom stereocenters. The summed E-state index contributed by atoms with van der Waals surface area (Å²) in [6.45, 7) is 2.13. The standard InChI is InChI=1S/C20H22N2O4S2/c1-2-25-16-5-3-4-6-17(16)26-13-18(23)21-22-19(24)14-7-9-15(10-8-14)20-27-11-12-28-20/h3-10,20H,2,11-13H2,1H3,(H,21,23)(H,22,24). The molecule has 3 rings (SSSR count). The van der Waals surface area contributed by atoms with Gasteiger partial charge in [-0.05, 0) is 36.8 Å². The number of hydrazine groups is 1. The lowest BCUT2D eigenvalue weighted by Gasteiger charge is -2.12. The molecule has 0 atom stereocenters. The molecule has 1 saturated heterocycles. The summed E-state index contributed by atoms with van der Waals surface area (Å²) in [7, 11) is 0. The molecule has 28 heavy (non-hydrogen) atoms. The number of para-hydroxylation sites is 2. The first-order valence-electron chi connectivity index (χ1n) is 8.94. The minimum Gasteiger partial charge on any atom is -0.490 e. The topological polar surface area (TPSA) is 76.7 Å². The lowest BCUT2D eigenvalue weighted by atomic mass is 10.1. The summed E-state index contributed by atoms with van der Waals surface area (Å²) in [4.78, 5) is 24.2. The number of nitrogens with one attached hydrogen (secondary N) is 2. The molecule has 1 aliphatic heterocycles. The molecular weight excluding hydrogens is 396 g/mol. The van der Waals surface area contributed by atoms with Crippen LogP contribution in [0.25, 0.3) is 0 Å². The molecule has 0 aromatic heterocycles. The van der Waals surface area contributed by atoms with Gasteiger partial charge in [0.1, 0.15) is 0 Å². The van der Waals surface area contributed by atoms with Crippen molar-refractivity contribution < 1.29 is 19.1 Å². The van der Waals surface area contributed by atoms with Crippen molar-refractivity contribution in [2.24, 2.45) is 0 Å². The van der Waals surface area contributed by atoms with E-state index >= 15 is 0 Å². The fourth-order valence-electron chi connectivity index (χ4n) is 2.56. The van der Waals surface area contributed by atoms with E-state index in [1.54, 1.807) is 30.3 Å². The molecule has 2 N–H and O–H groups in total. The Kier molecular flexibility index (Phi) is 7.50. The van der Waals surface area contributed by atoms with Gasteiger partial charge >= 0.3 is 0 Å². The molecule has 8 heteroatoms. The van der Waals surface area contributed by atoms with Crippen LogP contribution in [0, 0.1) is 0 Å². The minimum atomic E-state index is -0.463. The highest BCUT2D eigenvalue weighted by atomic mass is 32.2. The van der Waals surface area contributed by atoms with E-state index in [2.05, 4.69) is 10.9 Å². The Hall–Kier alpha value is -2.32. The van der Waals surface area contributed by atoms with E-state index < -0.39 is 5.91 Å². The maximum Gasteiger partial charge on any atom is 0.276 e. The number of carbonyl (C=O) groups is 2. The van der Waals surface area contributed by atoms with Crippen molar-refractivity contribution in [1.29, 1.82) is 0 Å². The summed E-state index contributed by atoms with van der Waals surface area (Å²) < 4.78 is 11.3. The Balaban J connectivity index is 1.46. The third-order valence-corrected chi connectivity index (χ3v) is 6.99. The molecule has 2 aromatic rings. The number of hydrogen-bond donors (Lipinski definition) is 2. The first kappa shape index (κ1) is 20.4. The molecule has 1 aliphatic rings. The number of thioether (sulfide) groups is 2. The Bertz CT molecular complexity index is 808. The molecule has 0 saturated carbocycles. The zero-order chi connectivity index (χ0) is 19.8. The second-order valence-corrected chi connectivity index (χ2v) is 8.59. The Morgan fingerprint density at radius 2 is 1.61 bits per heavy atom. The Morgan fingerprint density at radius 1 is 0.964 bits per heavy atom. The number of amides is 2. The van der Waals surface area contributed by atoms with Crippen molar-refractivity contribution in [3.05, 3.63) is 59.7 Å². The van der Waals surface area contributed by atoms with Crippen LogP contribution >= 0.6 is 23.5 Å². The smallest absolute Gasteiger partial charge is 0.276 e.